The number of para-hydroxylation sites is 1. The molecule has 0 spiro atoms. The summed E-state index contributed by atoms with van der Waals surface area (Å²) in [6, 6.07) is 29.8. The minimum atomic E-state index is 0.230. The molecule has 4 nitrogen and oxygen atoms in total. The van der Waals surface area contributed by atoms with E-state index in [2.05, 4.69) is 261 Å². The van der Waals surface area contributed by atoms with Crippen molar-refractivity contribution in [2.45, 2.75) is 110 Å². The highest BCUT2D eigenvalue weighted by Gasteiger charge is 2.37. The van der Waals surface area contributed by atoms with E-state index in [0.29, 0.717) is 11.8 Å². The van der Waals surface area contributed by atoms with Gasteiger partial charge in [0.1, 0.15) is 0 Å². The molecule has 6 unspecified atom stereocenters. The highest BCUT2D eigenvalue weighted by molar-refractivity contribution is 5.67. The van der Waals surface area contributed by atoms with Gasteiger partial charge in [0.15, 0.2) is 0 Å². The molecule has 3 aromatic carbocycles. The van der Waals surface area contributed by atoms with Crippen LogP contribution in [0.15, 0.2) is 277 Å². The van der Waals surface area contributed by atoms with Crippen molar-refractivity contribution >= 4 is 23.1 Å². The molecule has 0 heterocycles. The summed E-state index contributed by atoms with van der Waals surface area (Å²) in [5.74, 6) is 1.28. The largest absolute Gasteiger partial charge is 0.338 e. The van der Waals surface area contributed by atoms with Gasteiger partial charge in [-0.1, -0.05) is 178 Å². The zero-order chi connectivity index (χ0) is 52.4. The third-order valence-corrected chi connectivity index (χ3v) is 16.3. The Morgan fingerprint density at radius 3 is 2.21 bits per heavy atom. The maximum Gasteiger partial charge on any atom is 0.0622 e. The fourth-order valence-electron chi connectivity index (χ4n) is 12.3. The van der Waals surface area contributed by atoms with Crippen LogP contribution in [0, 0.1) is 17.8 Å². The lowest BCUT2D eigenvalue weighted by atomic mass is 9.79. The Bertz CT molecular complexity index is 3110. The Balaban J connectivity index is 0.922. The van der Waals surface area contributed by atoms with Gasteiger partial charge in [0.05, 0.1) is 12.1 Å². The zero-order valence-corrected chi connectivity index (χ0v) is 45.5. The number of anilines is 3. The van der Waals surface area contributed by atoms with Gasteiger partial charge in [-0.25, -0.2) is 0 Å². The normalized spacial score (nSPS) is 24.0. The molecule has 386 valence electrons. The SMILES string of the molecule is C=C/C=C\c1cccc(N(/C=C/CCC=C)C2=CC(C)=C(N(c3ccc(C4C=CC(N(C5=C(C)C=C(N(C6=CCCC=C6)C6C=CC=C7CCC=CC76)C(C)C5)c5ccccc5)=CC4)cc3)C3C=CC=CC3)CC2C)c1. The molecule has 0 aromatic heterocycles. The van der Waals surface area contributed by atoms with Crippen molar-refractivity contribution in [2.75, 3.05) is 14.7 Å². The molecule has 10 rings (SSSR count). The van der Waals surface area contributed by atoms with Gasteiger partial charge in [0, 0.05) is 81.1 Å². The molecule has 0 aliphatic heterocycles. The summed E-state index contributed by atoms with van der Waals surface area (Å²) in [6.07, 6.45) is 63.2. The van der Waals surface area contributed by atoms with Crippen molar-refractivity contribution in [1.29, 1.82) is 0 Å². The van der Waals surface area contributed by atoms with E-state index in [9.17, 15) is 0 Å². The van der Waals surface area contributed by atoms with Crippen molar-refractivity contribution in [3.63, 3.8) is 0 Å². The number of fused-ring (bicyclic) bond motifs is 1. The number of allylic oxidation sites excluding steroid dienone is 23. The second-order valence-electron chi connectivity index (χ2n) is 21.6. The summed E-state index contributed by atoms with van der Waals surface area (Å²) in [4.78, 5) is 10.3. The first-order valence-corrected chi connectivity index (χ1v) is 28.2. The molecule has 7 aliphatic rings. The molecule has 3 aromatic rings. The van der Waals surface area contributed by atoms with Crippen molar-refractivity contribution in [3.8, 4) is 0 Å². The van der Waals surface area contributed by atoms with Crippen LogP contribution in [0.25, 0.3) is 6.08 Å². The Morgan fingerprint density at radius 2 is 1.45 bits per heavy atom. The molecular formula is C72H78N4. The second-order valence-corrected chi connectivity index (χ2v) is 21.6. The minimum Gasteiger partial charge on any atom is -0.338 e. The molecular weight excluding hydrogens is 921 g/mol. The Morgan fingerprint density at radius 1 is 0.645 bits per heavy atom. The average Bonchev–Trinajstić information content (AvgIpc) is 3.46. The first kappa shape index (κ1) is 51.9. The summed E-state index contributed by atoms with van der Waals surface area (Å²) in [6.45, 7) is 17.3. The molecule has 0 saturated carbocycles. The predicted molar refractivity (Wildman–Crippen MR) is 326 cm³/mol. The summed E-state index contributed by atoms with van der Waals surface area (Å²) in [7, 11) is 0. The van der Waals surface area contributed by atoms with Crippen LogP contribution in [0.1, 0.15) is 109 Å². The van der Waals surface area contributed by atoms with Crippen LogP contribution < -0.4 is 14.7 Å². The van der Waals surface area contributed by atoms with E-state index in [1.807, 2.05) is 18.2 Å². The van der Waals surface area contributed by atoms with Crippen LogP contribution in [-0.4, -0.2) is 17.0 Å². The van der Waals surface area contributed by atoms with E-state index >= 15 is 0 Å². The van der Waals surface area contributed by atoms with Crippen molar-refractivity contribution in [2.24, 2.45) is 17.8 Å². The van der Waals surface area contributed by atoms with Crippen molar-refractivity contribution < 1.29 is 0 Å². The molecule has 0 fully saturated rings. The fourth-order valence-corrected chi connectivity index (χ4v) is 12.3. The highest BCUT2D eigenvalue weighted by Crippen LogP contribution is 2.45. The molecule has 0 radical (unpaired) electrons. The maximum atomic E-state index is 3.96. The van der Waals surface area contributed by atoms with Gasteiger partial charge in [-0.2, -0.15) is 0 Å². The standard InChI is InChI=1S/C72H78N4/c1-7-9-11-23-47-73(66-36-24-27-57(52-66)26-10-8-2)69-48-54(4)70(49-53(69)3)74(61-30-15-12-16-31-61)64-43-39-58(40-44-64)59-41-45-65(46-42-59)75(62-32-17-13-18-33-62)71-50-56(6)72(51-55(71)5)76(63-34-19-14-20-35-63)68-38-25-29-60-28-21-22-37-67(60)68/h7-8,10,12-13,15-19,22-27,29-30,32-41,43-48,51-53,56,59,61,67-68H,1-2,9,11,14,20-21,28,31,42,49-50H2,3-6H3/b26-10-,47-23+. The molecule has 0 amide bonds. The summed E-state index contributed by atoms with van der Waals surface area (Å²) in [5, 5.41) is 0. The molecule has 0 N–H and O–H groups in total. The molecule has 0 bridgehead atoms. The molecule has 4 heteroatoms. The van der Waals surface area contributed by atoms with E-state index in [0.717, 1.165) is 75.5 Å². The zero-order valence-electron chi connectivity index (χ0n) is 45.5. The third-order valence-electron chi connectivity index (χ3n) is 16.3. The molecule has 76 heavy (non-hydrogen) atoms. The first-order valence-electron chi connectivity index (χ1n) is 28.2. The quantitative estimate of drug-likeness (QED) is 0.0715. The van der Waals surface area contributed by atoms with Gasteiger partial charge in [-0.05, 0) is 161 Å². The fraction of sp³-hybridized carbons (Fsp3) is 0.278. The first-order chi connectivity index (χ1) is 37.3. The Kier molecular flexibility index (Phi) is 16.7. The predicted octanol–water partition coefficient (Wildman–Crippen LogP) is 18.8. The van der Waals surface area contributed by atoms with Crippen LogP contribution in [0.3, 0.4) is 0 Å². The smallest absolute Gasteiger partial charge is 0.0622 e. The summed E-state index contributed by atoms with van der Waals surface area (Å²) in [5.41, 5.74) is 18.4. The van der Waals surface area contributed by atoms with Gasteiger partial charge < -0.3 is 19.6 Å². The number of benzene rings is 3. The van der Waals surface area contributed by atoms with Crippen LogP contribution in [0.4, 0.5) is 17.1 Å². The number of unbranched alkanes of at least 4 members (excludes halogenated alkanes) is 1. The second kappa shape index (κ2) is 24.4. The monoisotopic (exact) mass is 999 g/mol. The minimum absolute atomic E-state index is 0.230. The highest BCUT2D eigenvalue weighted by atomic mass is 15.2. The molecule has 7 aliphatic carbocycles. The van der Waals surface area contributed by atoms with Gasteiger partial charge in [0.2, 0.25) is 0 Å². The van der Waals surface area contributed by atoms with Crippen LogP contribution in [0.2, 0.25) is 0 Å². The lowest BCUT2D eigenvalue weighted by Crippen LogP contribution is -2.42. The van der Waals surface area contributed by atoms with Gasteiger partial charge in [-0.3, -0.25) is 0 Å². The number of hydrogen-bond donors (Lipinski definition) is 0. The third kappa shape index (κ3) is 11.5. The lowest BCUT2D eigenvalue weighted by Gasteiger charge is -2.45. The summed E-state index contributed by atoms with van der Waals surface area (Å²) >= 11 is 0. The molecule has 0 saturated heterocycles. The Labute approximate surface area is 456 Å². The molecule has 6 atom stereocenters. The van der Waals surface area contributed by atoms with Gasteiger partial charge in [0.25, 0.3) is 0 Å². The number of rotatable bonds is 18. The van der Waals surface area contributed by atoms with Gasteiger partial charge in [-0.15, -0.1) is 6.58 Å². The van der Waals surface area contributed by atoms with E-state index in [-0.39, 0.29) is 23.9 Å². The van der Waals surface area contributed by atoms with Crippen LogP contribution >= 0.6 is 0 Å². The van der Waals surface area contributed by atoms with E-state index in [1.54, 1.807) is 5.57 Å². The average molecular weight is 999 g/mol. The number of hydrogen-bond acceptors (Lipinski definition) is 4. The van der Waals surface area contributed by atoms with Gasteiger partial charge >= 0.3 is 0 Å². The van der Waals surface area contributed by atoms with E-state index in [4.69, 9.17) is 0 Å². The topological polar surface area (TPSA) is 13.0 Å². The number of nitrogens with zero attached hydrogens (tertiary/aromatic N) is 4. The lowest BCUT2D eigenvalue weighted by molar-refractivity contribution is 0.286. The van der Waals surface area contributed by atoms with Crippen LogP contribution in [0.5, 0.6) is 0 Å². The summed E-state index contributed by atoms with van der Waals surface area (Å²) < 4.78 is 0. The maximum absolute atomic E-state index is 3.96. The van der Waals surface area contributed by atoms with E-state index in [1.165, 1.54) is 62.3 Å². The Hall–Kier alpha value is -7.56. The van der Waals surface area contributed by atoms with Crippen LogP contribution in [-0.2, 0) is 0 Å². The van der Waals surface area contributed by atoms with E-state index < -0.39 is 0 Å². The van der Waals surface area contributed by atoms with Crippen molar-refractivity contribution in [3.05, 3.63) is 288 Å². The van der Waals surface area contributed by atoms with Crippen molar-refractivity contribution in [1.82, 2.24) is 4.90 Å².